The Morgan fingerprint density at radius 3 is 2.80 bits per heavy atom. The van der Waals surface area contributed by atoms with Crippen molar-refractivity contribution in [3.8, 4) is 0 Å². The zero-order chi connectivity index (χ0) is 10.5. The van der Waals surface area contributed by atoms with Crippen LogP contribution in [-0.2, 0) is 6.42 Å². The lowest BCUT2D eigenvalue weighted by Gasteiger charge is -2.26. The maximum atomic E-state index is 8.63. The van der Waals surface area contributed by atoms with E-state index in [0.29, 0.717) is 0 Å². The van der Waals surface area contributed by atoms with E-state index < -0.39 is 0 Å². The number of oxime groups is 1. The summed E-state index contributed by atoms with van der Waals surface area (Å²) in [7, 11) is 0. The van der Waals surface area contributed by atoms with Crippen molar-refractivity contribution in [1.82, 2.24) is 4.90 Å². The molecule has 0 saturated carbocycles. The van der Waals surface area contributed by atoms with Crippen LogP contribution in [0.1, 0.15) is 18.4 Å². The number of rotatable bonds is 3. The van der Waals surface area contributed by atoms with Crippen LogP contribution in [0.4, 0.5) is 0 Å². The first-order valence-corrected chi connectivity index (χ1v) is 6.26. The van der Waals surface area contributed by atoms with Gasteiger partial charge < -0.3 is 10.1 Å². The molecular weight excluding hydrogens is 208 g/mol. The molecule has 0 aliphatic carbocycles. The first-order valence-electron chi connectivity index (χ1n) is 5.32. The van der Waals surface area contributed by atoms with Crippen LogP contribution in [0.5, 0.6) is 0 Å². The van der Waals surface area contributed by atoms with E-state index in [1.165, 1.54) is 5.56 Å². The van der Waals surface area contributed by atoms with Crippen LogP contribution in [0.15, 0.2) is 22.0 Å². The number of hydrogen-bond acceptors (Lipinski definition) is 4. The van der Waals surface area contributed by atoms with Crippen LogP contribution in [0.25, 0.3) is 0 Å². The van der Waals surface area contributed by atoms with E-state index in [0.717, 1.165) is 44.6 Å². The Morgan fingerprint density at radius 1 is 1.40 bits per heavy atom. The van der Waals surface area contributed by atoms with Crippen molar-refractivity contribution in [2.75, 3.05) is 19.6 Å². The summed E-state index contributed by atoms with van der Waals surface area (Å²) in [5, 5.41) is 16.3. The van der Waals surface area contributed by atoms with Gasteiger partial charge in [-0.05, 0) is 28.8 Å². The second kappa shape index (κ2) is 5.28. The SMILES string of the molecule is ON=C1CCN(CCc2ccsc2)CC1. The first-order chi connectivity index (χ1) is 7.38. The van der Waals surface area contributed by atoms with Gasteiger partial charge >= 0.3 is 0 Å². The van der Waals surface area contributed by atoms with Gasteiger partial charge in [0.1, 0.15) is 0 Å². The third-order valence-electron chi connectivity index (χ3n) is 2.87. The molecule has 0 unspecified atom stereocenters. The van der Waals surface area contributed by atoms with Crippen molar-refractivity contribution in [3.63, 3.8) is 0 Å². The van der Waals surface area contributed by atoms with Gasteiger partial charge in [-0.2, -0.15) is 11.3 Å². The minimum Gasteiger partial charge on any atom is -0.411 e. The predicted octanol–water partition coefficient (Wildman–Crippen LogP) is 2.22. The van der Waals surface area contributed by atoms with Crippen molar-refractivity contribution in [2.24, 2.45) is 5.16 Å². The average molecular weight is 224 g/mol. The fourth-order valence-corrected chi connectivity index (χ4v) is 2.56. The van der Waals surface area contributed by atoms with E-state index in [1.807, 2.05) is 0 Å². The van der Waals surface area contributed by atoms with Crippen LogP contribution in [0.2, 0.25) is 0 Å². The molecule has 3 nitrogen and oxygen atoms in total. The molecule has 82 valence electrons. The molecule has 1 aliphatic heterocycles. The monoisotopic (exact) mass is 224 g/mol. The van der Waals surface area contributed by atoms with Gasteiger partial charge in [-0.1, -0.05) is 5.16 Å². The lowest BCUT2D eigenvalue weighted by Crippen LogP contribution is -2.35. The maximum absolute atomic E-state index is 8.63. The quantitative estimate of drug-likeness (QED) is 0.631. The molecule has 15 heavy (non-hydrogen) atoms. The number of nitrogens with zero attached hydrogens (tertiary/aromatic N) is 2. The molecule has 0 radical (unpaired) electrons. The number of likely N-dealkylation sites (tertiary alicyclic amines) is 1. The predicted molar refractivity (Wildman–Crippen MR) is 62.9 cm³/mol. The first kappa shape index (κ1) is 10.6. The van der Waals surface area contributed by atoms with Crippen molar-refractivity contribution in [2.45, 2.75) is 19.3 Å². The van der Waals surface area contributed by atoms with E-state index in [9.17, 15) is 0 Å². The molecule has 0 aromatic carbocycles. The molecular formula is C11H16N2OS. The second-order valence-electron chi connectivity index (χ2n) is 3.89. The van der Waals surface area contributed by atoms with Gasteiger partial charge in [0.15, 0.2) is 0 Å². The van der Waals surface area contributed by atoms with Crippen LogP contribution in [0, 0.1) is 0 Å². The molecule has 1 aromatic rings. The Labute approximate surface area is 94.0 Å². The minimum absolute atomic E-state index is 0.917. The Kier molecular flexibility index (Phi) is 3.75. The summed E-state index contributed by atoms with van der Waals surface area (Å²) < 4.78 is 0. The van der Waals surface area contributed by atoms with E-state index >= 15 is 0 Å². The molecule has 1 N–H and O–H groups in total. The van der Waals surface area contributed by atoms with Crippen LogP contribution >= 0.6 is 11.3 Å². The van der Waals surface area contributed by atoms with E-state index in [-0.39, 0.29) is 0 Å². The highest BCUT2D eigenvalue weighted by atomic mass is 32.1. The van der Waals surface area contributed by atoms with Crippen LogP contribution in [0.3, 0.4) is 0 Å². The van der Waals surface area contributed by atoms with Gasteiger partial charge in [0.2, 0.25) is 0 Å². The summed E-state index contributed by atoms with van der Waals surface area (Å²) in [6.07, 6.45) is 2.97. The zero-order valence-electron chi connectivity index (χ0n) is 8.72. The summed E-state index contributed by atoms with van der Waals surface area (Å²) in [5.41, 5.74) is 2.38. The summed E-state index contributed by atoms with van der Waals surface area (Å²) >= 11 is 1.76. The molecule has 0 atom stereocenters. The standard InChI is InChI=1S/C11H16N2OS/c14-12-11-2-6-13(7-3-11)5-1-10-4-8-15-9-10/h4,8-9,14H,1-3,5-7H2. The summed E-state index contributed by atoms with van der Waals surface area (Å²) in [6.45, 7) is 3.18. The summed E-state index contributed by atoms with van der Waals surface area (Å²) in [4.78, 5) is 2.44. The second-order valence-corrected chi connectivity index (χ2v) is 4.67. The molecule has 2 heterocycles. The minimum atomic E-state index is 0.917. The Bertz CT molecular complexity index is 311. The van der Waals surface area contributed by atoms with Gasteiger partial charge in [-0.25, -0.2) is 0 Å². The number of piperidine rings is 1. The largest absolute Gasteiger partial charge is 0.411 e. The van der Waals surface area contributed by atoms with Crippen molar-refractivity contribution < 1.29 is 5.21 Å². The number of thiophene rings is 1. The lowest BCUT2D eigenvalue weighted by molar-refractivity contribution is 0.265. The van der Waals surface area contributed by atoms with E-state index in [1.54, 1.807) is 11.3 Å². The third kappa shape index (κ3) is 3.04. The van der Waals surface area contributed by atoms with Gasteiger partial charge in [-0.3, -0.25) is 0 Å². The third-order valence-corrected chi connectivity index (χ3v) is 3.60. The summed E-state index contributed by atoms with van der Waals surface area (Å²) in [5.74, 6) is 0. The highest BCUT2D eigenvalue weighted by Gasteiger charge is 2.14. The topological polar surface area (TPSA) is 35.8 Å². The molecule has 0 amide bonds. The Hall–Kier alpha value is -0.870. The highest BCUT2D eigenvalue weighted by molar-refractivity contribution is 7.07. The van der Waals surface area contributed by atoms with E-state index in [4.69, 9.17) is 5.21 Å². The van der Waals surface area contributed by atoms with Gasteiger partial charge in [0.05, 0.1) is 5.71 Å². The maximum Gasteiger partial charge on any atom is 0.0596 e. The number of hydrogen-bond donors (Lipinski definition) is 1. The Balaban J connectivity index is 1.73. The molecule has 4 heteroatoms. The van der Waals surface area contributed by atoms with Crippen LogP contribution < -0.4 is 0 Å². The molecule has 1 fully saturated rings. The molecule has 1 aromatic heterocycles. The van der Waals surface area contributed by atoms with Crippen molar-refractivity contribution in [1.29, 1.82) is 0 Å². The fourth-order valence-electron chi connectivity index (χ4n) is 1.86. The van der Waals surface area contributed by atoms with Gasteiger partial charge in [0, 0.05) is 32.5 Å². The van der Waals surface area contributed by atoms with Gasteiger partial charge in [0.25, 0.3) is 0 Å². The van der Waals surface area contributed by atoms with E-state index in [2.05, 4.69) is 26.9 Å². The van der Waals surface area contributed by atoms with Gasteiger partial charge in [-0.15, -0.1) is 0 Å². The fraction of sp³-hybridized carbons (Fsp3) is 0.545. The molecule has 1 saturated heterocycles. The molecule has 0 spiro atoms. The van der Waals surface area contributed by atoms with Crippen LogP contribution in [-0.4, -0.2) is 35.5 Å². The normalized spacial score (nSPS) is 18.0. The smallest absolute Gasteiger partial charge is 0.0596 e. The summed E-state index contributed by atoms with van der Waals surface area (Å²) in [6, 6.07) is 2.19. The lowest BCUT2D eigenvalue weighted by atomic mass is 10.1. The Morgan fingerprint density at radius 2 is 2.20 bits per heavy atom. The zero-order valence-corrected chi connectivity index (χ0v) is 9.54. The molecule has 1 aliphatic rings. The van der Waals surface area contributed by atoms with Crippen molar-refractivity contribution in [3.05, 3.63) is 22.4 Å². The highest BCUT2D eigenvalue weighted by Crippen LogP contribution is 2.10. The molecule has 2 rings (SSSR count). The average Bonchev–Trinajstić information content (AvgIpc) is 2.80. The van der Waals surface area contributed by atoms with Crippen molar-refractivity contribution >= 4 is 17.0 Å². The molecule has 0 bridgehead atoms.